The van der Waals surface area contributed by atoms with Crippen molar-refractivity contribution >= 4 is 29.8 Å². The summed E-state index contributed by atoms with van der Waals surface area (Å²) in [6.07, 6.45) is 18.8. The van der Waals surface area contributed by atoms with Crippen LogP contribution in [0.5, 0.6) is 0 Å². The Morgan fingerprint density at radius 2 is 0.641 bits per heavy atom. The Kier molecular flexibility index (Phi) is 25.1. The Labute approximate surface area is 233 Å². The topological polar surface area (TPSA) is 142 Å². The Balaban J connectivity index is 3.44. The minimum atomic E-state index is -1.14. The van der Waals surface area contributed by atoms with Gasteiger partial charge in [-0.3, -0.25) is 4.79 Å². The highest BCUT2D eigenvalue weighted by atomic mass is 17.2. The highest BCUT2D eigenvalue weighted by molar-refractivity contribution is 5.77. The summed E-state index contributed by atoms with van der Waals surface area (Å²) in [7, 11) is 0. The van der Waals surface area contributed by atoms with Gasteiger partial charge in [0.1, 0.15) is 0 Å². The maximum Gasteiger partial charge on any atom is 0.356 e. The Hall–Kier alpha value is -2.65. The maximum atomic E-state index is 11.7. The fraction of sp³-hybridized carbons (Fsp3) is 0.828. The number of rotatable bonds is 25. The van der Waals surface area contributed by atoms with E-state index in [4.69, 9.17) is 5.11 Å². The first kappa shape index (κ1) is 36.4. The van der Waals surface area contributed by atoms with Crippen LogP contribution in [0.25, 0.3) is 0 Å². The molecular weight excluding hydrogens is 508 g/mol. The van der Waals surface area contributed by atoms with Crippen molar-refractivity contribution in [2.24, 2.45) is 0 Å². The zero-order valence-electron chi connectivity index (χ0n) is 23.9. The van der Waals surface area contributed by atoms with Crippen LogP contribution in [0.2, 0.25) is 0 Å². The van der Waals surface area contributed by atoms with Crippen molar-refractivity contribution in [3.8, 4) is 0 Å². The van der Waals surface area contributed by atoms with Crippen molar-refractivity contribution in [2.45, 2.75) is 155 Å². The van der Waals surface area contributed by atoms with E-state index in [1.54, 1.807) is 0 Å². The Bertz CT molecular complexity index is 677. The molecule has 0 saturated carbocycles. The van der Waals surface area contributed by atoms with Gasteiger partial charge in [-0.05, 0) is 19.3 Å². The molecule has 0 rings (SSSR count). The smallest absolute Gasteiger partial charge is 0.356 e. The average Bonchev–Trinajstić information content (AvgIpc) is 2.91. The van der Waals surface area contributed by atoms with Gasteiger partial charge >= 0.3 is 29.8 Å². The van der Waals surface area contributed by atoms with E-state index in [2.05, 4.69) is 26.5 Å². The largest absolute Gasteiger partial charge is 0.481 e. The molecule has 0 saturated heterocycles. The number of hydrogen-bond donors (Lipinski definition) is 1. The van der Waals surface area contributed by atoms with Crippen molar-refractivity contribution in [2.75, 3.05) is 0 Å². The number of carbonyl (C=O) groups excluding carboxylic acids is 4. The van der Waals surface area contributed by atoms with Crippen LogP contribution in [0.4, 0.5) is 0 Å². The Morgan fingerprint density at radius 1 is 0.385 bits per heavy atom. The van der Waals surface area contributed by atoms with Gasteiger partial charge in [-0.25, -0.2) is 38.7 Å². The van der Waals surface area contributed by atoms with E-state index < -0.39 is 36.3 Å². The minimum absolute atomic E-state index is 0.0865. The normalized spacial score (nSPS) is 10.6. The predicted molar refractivity (Wildman–Crippen MR) is 144 cm³/mol. The molecule has 0 bridgehead atoms. The quantitative estimate of drug-likeness (QED) is 0.0702. The van der Waals surface area contributed by atoms with Crippen molar-refractivity contribution in [3.05, 3.63) is 0 Å². The summed E-state index contributed by atoms with van der Waals surface area (Å²) in [4.78, 5) is 74.2. The molecule has 0 radical (unpaired) electrons. The second-order valence-corrected chi connectivity index (χ2v) is 9.98. The Morgan fingerprint density at radius 3 is 0.923 bits per heavy atom. The van der Waals surface area contributed by atoms with Crippen LogP contribution in [0.15, 0.2) is 0 Å². The van der Waals surface area contributed by atoms with Crippen LogP contribution in [0.1, 0.15) is 155 Å². The van der Waals surface area contributed by atoms with E-state index in [-0.39, 0.29) is 25.7 Å². The molecule has 1 N–H and O–H groups in total. The minimum Gasteiger partial charge on any atom is -0.481 e. The lowest BCUT2D eigenvalue weighted by Crippen LogP contribution is -2.12. The van der Waals surface area contributed by atoms with Gasteiger partial charge in [0.15, 0.2) is 0 Å². The molecule has 0 aromatic rings. The fourth-order valence-electron chi connectivity index (χ4n) is 3.92. The van der Waals surface area contributed by atoms with Crippen LogP contribution in [-0.2, 0) is 43.5 Å². The number of carboxylic acids is 1. The molecule has 0 fully saturated rings. The highest BCUT2D eigenvalue weighted by Gasteiger charge is 2.12. The third-order valence-corrected chi connectivity index (χ3v) is 6.24. The van der Waals surface area contributed by atoms with Crippen molar-refractivity contribution in [3.63, 3.8) is 0 Å². The zero-order chi connectivity index (χ0) is 29.0. The van der Waals surface area contributed by atoms with Gasteiger partial charge in [0.25, 0.3) is 0 Å². The van der Waals surface area contributed by atoms with Gasteiger partial charge in [-0.1, -0.05) is 103 Å². The fourth-order valence-corrected chi connectivity index (χ4v) is 3.92. The lowest BCUT2D eigenvalue weighted by Gasteiger charge is -2.05. The van der Waals surface area contributed by atoms with Gasteiger partial charge < -0.3 is 5.11 Å². The predicted octanol–water partition coefficient (Wildman–Crippen LogP) is 7.07. The molecule has 226 valence electrons. The van der Waals surface area contributed by atoms with E-state index in [0.717, 1.165) is 44.9 Å². The molecule has 0 heterocycles. The number of carboxylic acid groups (broad SMARTS) is 1. The SMILES string of the molecule is CCCCCCCCCCCCCCC(=O)OOC(=O)CCCCCCCCC(=O)OOC(=O)CCC(=O)O. The number of unbranched alkanes of at least 4 members (excludes halogenated alkanes) is 16. The first-order valence-corrected chi connectivity index (χ1v) is 14.9. The highest BCUT2D eigenvalue weighted by Crippen LogP contribution is 2.13. The molecule has 0 aliphatic carbocycles. The van der Waals surface area contributed by atoms with Crippen LogP contribution >= 0.6 is 0 Å². The first-order valence-electron chi connectivity index (χ1n) is 14.9. The van der Waals surface area contributed by atoms with Gasteiger partial charge in [-0.15, -0.1) is 0 Å². The van der Waals surface area contributed by atoms with Gasteiger partial charge in [-0.2, -0.15) is 0 Å². The molecule has 0 amide bonds. The molecule has 10 heteroatoms. The molecule has 0 aromatic heterocycles. The van der Waals surface area contributed by atoms with E-state index >= 15 is 0 Å². The van der Waals surface area contributed by atoms with E-state index in [1.807, 2.05) is 0 Å². The standard InChI is InChI=1S/C29H50O10/c1-2-3-4-5-6-7-8-9-10-11-14-17-20-26(32)36-37-27(33)21-18-15-12-13-16-19-22-28(34)38-39-29(35)24-23-25(30)31/h2-24H2,1H3,(H,30,31). The first-order chi connectivity index (χ1) is 18.8. The molecular formula is C29H50O10. The second kappa shape index (κ2) is 26.9. The summed E-state index contributed by atoms with van der Waals surface area (Å²) < 4.78 is 0. The summed E-state index contributed by atoms with van der Waals surface area (Å²) in [5.74, 6) is -3.80. The number of hydrogen-bond acceptors (Lipinski definition) is 9. The summed E-state index contributed by atoms with van der Waals surface area (Å²) in [5.41, 5.74) is 0. The molecule has 0 aliphatic rings. The molecule has 0 atom stereocenters. The van der Waals surface area contributed by atoms with Gasteiger partial charge in [0.05, 0.1) is 32.1 Å². The molecule has 10 nitrogen and oxygen atoms in total. The number of aliphatic carboxylic acids is 1. The van der Waals surface area contributed by atoms with Gasteiger partial charge in [0, 0.05) is 0 Å². The second-order valence-electron chi connectivity index (χ2n) is 9.98. The van der Waals surface area contributed by atoms with Crippen LogP contribution in [-0.4, -0.2) is 35.0 Å². The zero-order valence-corrected chi connectivity index (χ0v) is 23.9. The summed E-state index contributed by atoms with van der Waals surface area (Å²) in [6, 6.07) is 0. The number of carbonyl (C=O) groups is 5. The summed E-state index contributed by atoms with van der Waals surface area (Å²) >= 11 is 0. The third-order valence-electron chi connectivity index (χ3n) is 6.24. The monoisotopic (exact) mass is 558 g/mol. The summed E-state index contributed by atoms with van der Waals surface area (Å²) in [5, 5.41) is 8.45. The lowest BCUT2D eigenvalue weighted by molar-refractivity contribution is -0.259. The van der Waals surface area contributed by atoms with E-state index in [9.17, 15) is 24.0 Å². The van der Waals surface area contributed by atoms with Crippen molar-refractivity contribution < 1.29 is 48.6 Å². The van der Waals surface area contributed by atoms with Crippen LogP contribution in [0.3, 0.4) is 0 Å². The van der Waals surface area contributed by atoms with E-state index in [1.165, 1.54) is 57.8 Å². The van der Waals surface area contributed by atoms with E-state index in [0.29, 0.717) is 12.8 Å². The third kappa shape index (κ3) is 28.2. The average molecular weight is 559 g/mol. The van der Waals surface area contributed by atoms with Crippen molar-refractivity contribution in [1.82, 2.24) is 0 Å². The van der Waals surface area contributed by atoms with Crippen molar-refractivity contribution in [1.29, 1.82) is 0 Å². The molecule has 0 spiro atoms. The molecule has 0 aromatic carbocycles. The maximum absolute atomic E-state index is 11.7. The molecule has 0 unspecified atom stereocenters. The van der Waals surface area contributed by atoms with Crippen LogP contribution in [0, 0.1) is 0 Å². The lowest BCUT2D eigenvalue weighted by atomic mass is 10.0. The molecule has 0 aliphatic heterocycles. The van der Waals surface area contributed by atoms with Gasteiger partial charge in [0.2, 0.25) is 0 Å². The summed E-state index contributed by atoms with van der Waals surface area (Å²) in [6.45, 7) is 2.23. The van der Waals surface area contributed by atoms with Crippen LogP contribution < -0.4 is 0 Å². The molecule has 39 heavy (non-hydrogen) atoms.